The molecule has 0 atom stereocenters. The molecule has 2 rings (SSSR count). The van der Waals surface area contributed by atoms with E-state index in [0.717, 1.165) is 11.6 Å². The van der Waals surface area contributed by atoms with Crippen molar-refractivity contribution in [3.05, 3.63) is 65.7 Å². The number of methoxy groups -OCH3 is 1. The first-order chi connectivity index (χ1) is 10.2. The number of hydrogen-bond donors (Lipinski definition) is 0. The van der Waals surface area contributed by atoms with E-state index in [0.29, 0.717) is 23.7 Å². The van der Waals surface area contributed by atoms with Gasteiger partial charge in [-0.1, -0.05) is 42.5 Å². The molecule has 0 unspecified atom stereocenters. The zero-order chi connectivity index (χ0) is 15.1. The summed E-state index contributed by atoms with van der Waals surface area (Å²) in [5.41, 5.74) is 1.73. The standard InChI is InChI=1S/C17H16O4/c1-20-15-9-7-13(8-10-17(18)19)11-16(15)21-12-14-5-3-2-4-6-14/h2-11H,12H2,1H3,(H,18,19)/p-1/b10-8+. The number of carboxylic acids is 1. The predicted octanol–water partition coefficient (Wildman–Crippen LogP) is 2.04. The van der Waals surface area contributed by atoms with Crippen LogP contribution in [0.15, 0.2) is 54.6 Å². The molecule has 0 spiro atoms. The van der Waals surface area contributed by atoms with Crippen molar-refractivity contribution in [2.24, 2.45) is 0 Å². The largest absolute Gasteiger partial charge is 0.545 e. The first-order valence-corrected chi connectivity index (χ1v) is 6.43. The molecule has 108 valence electrons. The Morgan fingerprint density at radius 3 is 2.57 bits per heavy atom. The summed E-state index contributed by atoms with van der Waals surface area (Å²) in [6.45, 7) is 0.408. The van der Waals surface area contributed by atoms with Crippen LogP contribution in [0, 0.1) is 0 Å². The lowest BCUT2D eigenvalue weighted by atomic mass is 10.2. The summed E-state index contributed by atoms with van der Waals surface area (Å²) >= 11 is 0. The fourth-order valence-corrected chi connectivity index (χ4v) is 1.81. The van der Waals surface area contributed by atoms with Gasteiger partial charge in [0, 0.05) is 0 Å². The molecule has 0 N–H and O–H groups in total. The van der Waals surface area contributed by atoms with Gasteiger partial charge in [0.05, 0.1) is 13.1 Å². The average molecular weight is 283 g/mol. The maximum absolute atomic E-state index is 10.4. The van der Waals surface area contributed by atoms with Gasteiger partial charge in [-0.25, -0.2) is 0 Å². The van der Waals surface area contributed by atoms with Crippen LogP contribution in [0.5, 0.6) is 11.5 Å². The SMILES string of the molecule is COc1ccc(/C=C/C(=O)[O-])cc1OCc1ccccc1. The van der Waals surface area contributed by atoms with Gasteiger partial charge in [0.25, 0.3) is 0 Å². The minimum Gasteiger partial charge on any atom is -0.545 e. The van der Waals surface area contributed by atoms with Crippen molar-refractivity contribution >= 4 is 12.0 Å². The molecule has 0 aromatic heterocycles. The lowest BCUT2D eigenvalue weighted by Crippen LogP contribution is -2.18. The van der Waals surface area contributed by atoms with Crippen LogP contribution in [-0.4, -0.2) is 13.1 Å². The van der Waals surface area contributed by atoms with Crippen molar-refractivity contribution in [1.29, 1.82) is 0 Å². The highest BCUT2D eigenvalue weighted by Gasteiger charge is 2.05. The predicted molar refractivity (Wildman–Crippen MR) is 77.8 cm³/mol. The average Bonchev–Trinajstić information content (AvgIpc) is 2.52. The monoisotopic (exact) mass is 283 g/mol. The van der Waals surface area contributed by atoms with Crippen LogP contribution in [0.2, 0.25) is 0 Å². The molecule has 0 bridgehead atoms. The second kappa shape index (κ2) is 7.14. The number of ether oxygens (including phenoxy) is 2. The molecule has 0 saturated heterocycles. The first kappa shape index (κ1) is 14.7. The van der Waals surface area contributed by atoms with Gasteiger partial charge in [0.2, 0.25) is 0 Å². The van der Waals surface area contributed by atoms with E-state index in [2.05, 4.69) is 0 Å². The molecule has 0 saturated carbocycles. The summed E-state index contributed by atoms with van der Waals surface area (Å²) in [5.74, 6) is -0.0871. The van der Waals surface area contributed by atoms with E-state index in [1.807, 2.05) is 30.3 Å². The van der Waals surface area contributed by atoms with Crippen molar-refractivity contribution in [1.82, 2.24) is 0 Å². The smallest absolute Gasteiger partial charge is 0.162 e. The summed E-state index contributed by atoms with van der Waals surface area (Å²) in [6.07, 6.45) is 2.42. The Morgan fingerprint density at radius 2 is 1.90 bits per heavy atom. The van der Waals surface area contributed by atoms with Crippen LogP contribution in [0.3, 0.4) is 0 Å². The van der Waals surface area contributed by atoms with Crippen molar-refractivity contribution in [3.63, 3.8) is 0 Å². The molecule has 4 nitrogen and oxygen atoms in total. The molecule has 2 aromatic rings. The van der Waals surface area contributed by atoms with E-state index in [1.54, 1.807) is 25.3 Å². The third-order valence-corrected chi connectivity index (χ3v) is 2.84. The molecule has 21 heavy (non-hydrogen) atoms. The van der Waals surface area contributed by atoms with Gasteiger partial charge < -0.3 is 19.4 Å². The molecule has 4 heteroatoms. The molecule has 0 aliphatic heterocycles. The van der Waals surface area contributed by atoms with Gasteiger partial charge in [0.15, 0.2) is 11.5 Å². The van der Waals surface area contributed by atoms with E-state index in [1.165, 1.54) is 6.08 Å². The fourth-order valence-electron chi connectivity index (χ4n) is 1.81. The molecule has 0 aliphatic carbocycles. The number of carboxylic acid groups (broad SMARTS) is 1. The summed E-state index contributed by atoms with van der Waals surface area (Å²) in [5, 5.41) is 10.4. The van der Waals surface area contributed by atoms with Crippen LogP contribution < -0.4 is 14.6 Å². The normalized spacial score (nSPS) is 10.5. The second-order valence-electron chi connectivity index (χ2n) is 4.34. The Kier molecular flexibility index (Phi) is 4.99. The van der Waals surface area contributed by atoms with Crippen molar-refractivity contribution in [2.45, 2.75) is 6.61 Å². The first-order valence-electron chi connectivity index (χ1n) is 6.43. The third-order valence-electron chi connectivity index (χ3n) is 2.84. The maximum atomic E-state index is 10.4. The molecular formula is C17H15O4-. The molecule has 0 amide bonds. The van der Waals surface area contributed by atoms with Crippen LogP contribution in [0.4, 0.5) is 0 Å². The number of carbonyl (C=O) groups excluding carboxylic acids is 1. The maximum Gasteiger partial charge on any atom is 0.162 e. The van der Waals surface area contributed by atoms with Crippen molar-refractivity contribution < 1.29 is 19.4 Å². The van der Waals surface area contributed by atoms with Crippen LogP contribution in [0.25, 0.3) is 6.08 Å². The quantitative estimate of drug-likeness (QED) is 0.761. The lowest BCUT2D eigenvalue weighted by molar-refractivity contribution is -0.297. The highest BCUT2D eigenvalue weighted by molar-refractivity contribution is 5.83. The van der Waals surface area contributed by atoms with E-state index in [-0.39, 0.29) is 0 Å². The molecule has 2 aromatic carbocycles. The minimum absolute atomic E-state index is 0.408. The second-order valence-corrected chi connectivity index (χ2v) is 4.34. The molecule has 0 fully saturated rings. The molecule has 0 aliphatic rings. The van der Waals surface area contributed by atoms with E-state index >= 15 is 0 Å². The van der Waals surface area contributed by atoms with E-state index < -0.39 is 5.97 Å². The number of aliphatic carboxylic acids is 1. The number of hydrogen-bond acceptors (Lipinski definition) is 4. The summed E-state index contributed by atoms with van der Waals surface area (Å²) < 4.78 is 11.0. The Morgan fingerprint density at radius 1 is 1.14 bits per heavy atom. The number of rotatable bonds is 6. The Balaban J connectivity index is 2.16. The third kappa shape index (κ3) is 4.38. The topological polar surface area (TPSA) is 58.6 Å². The van der Waals surface area contributed by atoms with Gasteiger partial charge in [-0.3, -0.25) is 0 Å². The van der Waals surface area contributed by atoms with Crippen LogP contribution in [-0.2, 0) is 11.4 Å². The van der Waals surface area contributed by atoms with Crippen LogP contribution >= 0.6 is 0 Å². The zero-order valence-electron chi connectivity index (χ0n) is 11.6. The van der Waals surface area contributed by atoms with Crippen LogP contribution in [0.1, 0.15) is 11.1 Å². The fraction of sp³-hybridized carbons (Fsp3) is 0.118. The van der Waals surface area contributed by atoms with Gasteiger partial charge in [-0.05, 0) is 29.3 Å². The molecule has 0 radical (unpaired) electrons. The highest BCUT2D eigenvalue weighted by Crippen LogP contribution is 2.29. The van der Waals surface area contributed by atoms with Gasteiger partial charge in [-0.15, -0.1) is 0 Å². The molecule has 0 heterocycles. The summed E-state index contributed by atoms with van der Waals surface area (Å²) in [4.78, 5) is 10.4. The zero-order valence-corrected chi connectivity index (χ0v) is 11.6. The van der Waals surface area contributed by atoms with E-state index in [9.17, 15) is 9.90 Å². The summed E-state index contributed by atoms with van der Waals surface area (Å²) in [6, 6.07) is 14.9. The Bertz CT molecular complexity index is 632. The van der Waals surface area contributed by atoms with Gasteiger partial charge >= 0.3 is 0 Å². The van der Waals surface area contributed by atoms with Crippen molar-refractivity contribution in [2.75, 3.05) is 7.11 Å². The number of benzene rings is 2. The van der Waals surface area contributed by atoms with Crippen molar-refractivity contribution in [3.8, 4) is 11.5 Å². The highest BCUT2D eigenvalue weighted by atomic mass is 16.5. The molecular weight excluding hydrogens is 268 g/mol. The Labute approximate surface area is 123 Å². The minimum atomic E-state index is -1.24. The lowest BCUT2D eigenvalue weighted by Gasteiger charge is -2.11. The summed E-state index contributed by atoms with van der Waals surface area (Å²) in [7, 11) is 1.56. The number of carbonyl (C=O) groups is 1. The van der Waals surface area contributed by atoms with Gasteiger partial charge in [-0.2, -0.15) is 0 Å². The van der Waals surface area contributed by atoms with E-state index in [4.69, 9.17) is 9.47 Å². The Hall–Kier alpha value is -2.75. The van der Waals surface area contributed by atoms with Gasteiger partial charge in [0.1, 0.15) is 6.61 Å².